The molecule has 11 nitrogen and oxygen atoms in total. The number of hydrogen-bond donors (Lipinski definition) is 6. The normalized spacial score (nSPS) is 15.0. The fraction of sp³-hybridized carbons (Fsp3) is 0.542. The summed E-state index contributed by atoms with van der Waals surface area (Å²) in [6.07, 6.45) is 2.21. The SMILES string of the molecule is CCC(C)C(N)C(=O)NC(CC(N)=O)C(=O)NC(CCSC)C(=O)NC(Cc1ccccc1)C(=O)O. The fourth-order valence-electron chi connectivity index (χ4n) is 3.29. The van der Waals surface area contributed by atoms with E-state index in [1.54, 1.807) is 37.3 Å². The van der Waals surface area contributed by atoms with Gasteiger partial charge in [-0.3, -0.25) is 19.2 Å². The molecule has 0 aliphatic rings. The molecular weight excluding hydrogens is 486 g/mol. The Morgan fingerprint density at radius 1 is 0.944 bits per heavy atom. The maximum absolute atomic E-state index is 13.0. The Hall–Kier alpha value is -3.12. The topological polar surface area (TPSA) is 194 Å². The Labute approximate surface area is 215 Å². The van der Waals surface area contributed by atoms with Gasteiger partial charge in [0, 0.05) is 6.42 Å². The van der Waals surface area contributed by atoms with Gasteiger partial charge in [-0.1, -0.05) is 50.6 Å². The third kappa shape index (κ3) is 10.6. The first-order chi connectivity index (χ1) is 17.0. The van der Waals surface area contributed by atoms with Crippen LogP contribution in [0.4, 0.5) is 0 Å². The number of carbonyl (C=O) groups excluding carboxylic acids is 4. The van der Waals surface area contributed by atoms with Crippen LogP contribution in [0.1, 0.15) is 38.7 Å². The van der Waals surface area contributed by atoms with Gasteiger partial charge in [0.05, 0.1) is 12.5 Å². The fourth-order valence-corrected chi connectivity index (χ4v) is 3.76. The monoisotopic (exact) mass is 523 g/mol. The van der Waals surface area contributed by atoms with Crippen molar-refractivity contribution in [2.75, 3.05) is 12.0 Å². The van der Waals surface area contributed by atoms with E-state index in [4.69, 9.17) is 11.5 Å². The van der Waals surface area contributed by atoms with E-state index in [0.29, 0.717) is 12.2 Å². The van der Waals surface area contributed by atoms with Gasteiger partial charge in [-0.2, -0.15) is 11.8 Å². The molecule has 0 heterocycles. The average molecular weight is 524 g/mol. The van der Waals surface area contributed by atoms with E-state index in [1.807, 2.05) is 13.2 Å². The zero-order valence-electron chi connectivity index (χ0n) is 20.9. The molecule has 0 spiro atoms. The van der Waals surface area contributed by atoms with Crippen molar-refractivity contribution in [3.8, 4) is 0 Å². The number of carboxylic acids is 1. The van der Waals surface area contributed by atoms with Crippen LogP contribution in [0.3, 0.4) is 0 Å². The van der Waals surface area contributed by atoms with E-state index in [-0.39, 0.29) is 18.8 Å². The molecule has 200 valence electrons. The molecule has 0 aliphatic carbocycles. The third-order valence-corrected chi connectivity index (χ3v) is 6.38. The highest BCUT2D eigenvalue weighted by atomic mass is 32.2. The lowest BCUT2D eigenvalue weighted by molar-refractivity contribution is -0.142. The van der Waals surface area contributed by atoms with Gasteiger partial charge in [0.2, 0.25) is 23.6 Å². The second-order valence-electron chi connectivity index (χ2n) is 8.57. The third-order valence-electron chi connectivity index (χ3n) is 5.74. The van der Waals surface area contributed by atoms with E-state index in [9.17, 15) is 29.1 Å². The summed E-state index contributed by atoms with van der Waals surface area (Å²) in [5.74, 6) is -3.84. The minimum absolute atomic E-state index is 0.0545. The second-order valence-corrected chi connectivity index (χ2v) is 9.56. The van der Waals surface area contributed by atoms with Crippen molar-refractivity contribution < 1.29 is 29.1 Å². The number of rotatable bonds is 16. The van der Waals surface area contributed by atoms with Gasteiger partial charge in [0.15, 0.2) is 0 Å². The second kappa shape index (κ2) is 15.8. The molecule has 0 radical (unpaired) electrons. The predicted molar refractivity (Wildman–Crippen MR) is 138 cm³/mol. The Morgan fingerprint density at radius 3 is 2.03 bits per heavy atom. The summed E-state index contributed by atoms with van der Waals surface area (Å²) in [6, 6.07) is 4.25. The first kappa shape index (κ1) is 30.9. The lowest BCUT2D eigenvalue weighted by Crippen LogP contribution is -2.58. The first-order valence-electron chi connectivity index (χ1n) is 11.7. The molecule has 0 aromatic heterocycles. The molecule has 1 rings (SSSR count). The molecule has 0 fully saturated rings. The molecule has 0 saturated heterocycles. The van der Waals surface area contributed by atoms with Gasteiger partial charge in [-0.25, -0.2) is 4.79 Å². The molecule has 5 atom stereocenters. The van der Waals surface area contributed by atoms with Crippen molar-refractivity contribution >= 4 is 41.4 Å². The van der Waals surface area contributed by atoms with Crippen molar-refractivity contribution in [1.82, 2.24) is 16.0 Å². The lowest BCUT2D eigenvalue weighted by atomic mass is 9.99. The molecule has 5 unspecified atom stereocenters. The number of thioether (sulfide) groups is 1. The van der Waals surface area contributed by atoms with Crippen molar-refractivity contribution in [3.63, 3.8) is 0 Å². The molecule has 0 bridgehead atoms. The van der Waals surface area contributed by atoms with Crippen LogP contribution in [-0.2, 0) is 30.4 Å². The zero-order valence-corrected chi connectivity index (χ0v) is 21.7. The van der Waals surface area contributed by atoms with Gasteiger partial charge in [0.25, 0.3) is 0 Å². The summed E-state index contributed by atoms with van der Waals surface area (Å²) in [5.41, 5.74) is 11.9. The minimum Gasteiger partial charge on any atom is -0.480 e. The summed E-state index contributed by atoms with van der Waals surface area (Å²) in [6.45, 7) is 3.65. The smallest absolute Gasteiger partial charge is 0.326 e. The number of primary amides is 1. The van der Waals surface area contributed by atoms with Crippen LogP contribution in [0.5, 0.6) is 0 Å². The van der Waals surface area contributed by atoms with Gasteiger partial charge < -0.3 is 32.5 Å². The number of amides is 4. The Bertz CT molecular complexity index is 900. The molecule has 1 aromatic carbocycles. The Kier molecular flexibility index (Phi) is 13.6. The average Bonchev–Trinajstić information content (AvgIpc) is 2.84. The minimum atomic E-state index is -1.34. The quantitative estimate of drug-likeness (QED) is 0.171. The summed E-state index contributed by atoms with van der Waals surface area (Å²) in [4.78, 5) is 61.8. The van der Waals surface area contributed by atoms with Crippen LogP contribution < -0.4 is 27.4 Å². The molecular formula is C24H37N5O6S. The van der Waals surface area contributed by atoms with Gasteiger partial charge in [-0.05, 0) is 29.9 Å². The summed E-state index contributed by atoms with van der Waals surface area (Å²) < 4.78 is 0. The van der Waals surface area contributed by atoms with Crippen molar-refractivity contribution in [3.05, 3.63) is 35.9 Å². The molecule has 36 heavy (non-hydrogen) atoms. The molecule has 0 aliphatic heterocycles. The number of carbonyl (C=O) groups is 5. The zero-order chi connectivity index (χ0) is 27.3. The van der Waals surface area contributed by atoms with Crippen LogP contribution in [0.25, 0.3) is 0 Å². The van der Waals surface area contributed by atoms with Crippen LogP contribution in [0.2, 0.25) is 0 Å². The summed E-state index contributed by atoms with van der Waals surface area (Å²) >= 11 is 1.43. The molecule has 8 N–H and O–H groups in total. The van der Waals surface area contributed by atoms with Crippen LogP contribution in [-0.4, -0.2) is 70.9 Å². The van der Waals surface area contributed by atoms with E-state index in [1.165, 1.54) is 11.8 Å². The Morgan fingerprint density at radius 2 is 1.50 bits per heavy atom. The number of hydrogen-bond acceptors (Lipinski definition) is 7. The van der Waals surface area contributed by atoms with Crippen LogP contribution in [0, 0.1) is 5.92 Å². The standard InChI is InChI=1S/C24H37N5O6S/c1-4-14(2)20(26)23(33)28-17(13-19(25)30)22(32)27-16(10-11-36-3)21(31)29-18(24(34)35)12-15-8-6-5-7-9-15/h5-9,14,16-18,20H,4,10-13,26H2,1-3H3,(H2,25,30)(H,27,32)(H,28,33)(H,29,31)(H,34,35). The highest BCUT2D eigenvalue weighted by molar-refractivity contribution is 7.98. The van der Waals surface area contributed by atoms with Gasteiger partial charge >= 0.3 is 5.97 Å². The predicted octanol–water partition coefficient (Wildman–Crippen LogP) is -0.230. The molecule has 1 aromatic rings. The van der Waals surface area contributed by atoms with Crippen molar-refractivity contribution in [2.45, 2.75) is 63.7 Å². The van der Waals surface area contributed by atoms with E-state index in [0.717, 1.165) is 5.56 Å². The number of nitrogens with two attached hydrogens (primary N) is 2. The van der Waals surface area contributed by atoms with E-state index in [2.05, 4.69) is 16.0 Å². The molecule has 12 heteroatoms. The van der Waals surface area contributed by atoms with E-state index >= 15 is 0 Å². The highest BCUT2D eigenvalue weighted by Gasteiger charge is 2.31. The largest absolute Gasteiger partial charge is 0.480 e. The van der Waals surface area contributed by atoms with Gasteiger partial charge in [-0.15, -0.1) is 0 Å². The van der Waals surface area contributed by atoms with Gasteiger partial charge in [0.1, 0.15) is 18.1 Å². The number of aliphatic carboxylic acids is 1. The summed E-state index contributed by atoms with van der Waals surface area (Å²) in [7, 11) is 0. The maximum atomic E-state index is 13.0. The number of nitrogens with one attached hydrogen (secondary N) is 3. The van der Waals surface area contributed by atoms with E-state index < -0.39 is 60.2 Å². The van der Waals surface area contributed by atoms with Crippen LogP contribution in [0.15, 0.2) is 30.3 Å². The van der Waals surface area contributed by atoms with Crippen LogP contribution >= 0.6 is 11.8 Å². The highest BCUT2D eigenvalue weighted by Crippen LogP contribution is 2.08. The number of benzene rings is 1. The molecule has 4 amide bonds. The number of carboxylic acid groups (broad SMARTS) is 1. The summed E-state index contributed by atoms with van der Waals surface area (Å²) in [5, 5.41) is 17.1. The Balaban J connectivity index is 3.00. The van der Waals surface area contributed by atoms with Crippen molar-refractivity contribution in [2.24, 2.45) is 17.4 Å². The first-order valence-corrected chi connectivity index (χ1v) is 13.1. The molecule has 0 saturated carbocycles. The maximum Gasteiger partial charge on any atom is 0.326 e. The van der Waals surface area contributed by atoms with Crippen molar-refractivity contribution in [1.29, 1.82) is 0 Å². The lowest BCUT2D eigenvalue weighted by Gasteiger charge is -2.25.